The Kier molecular flexibility index (Phi) is 3.15. The lowest BCUT2D eigenvalue weighted by atomic mass is 10.1. The molecular weight excluding hydrogens is 203 g/mol. The first-order valence-electron chi connectivity index (χ1n) is 5.88. The standard InChI is InChI=1S/C13H19FN2/c1-9-5-6-16(8-9)13-4-3-11(14)7-12(13)10(2)15/h3-4,7,9-10H,5-6,8,15H2,1-2H3/t9?,10-/m1/s1. The van der Waals surface area contributed by atoms with Crippen LogP contribution in [0.2, 0.25) is 0 Å². The van der Waals surface area contributed by atoms with Crippen molar-refractivity contribution in [3.63, 3.8) is 0 Å². The van der Waals surface area contributed by atoms with Gasteiger partial charge in [0.25, 0.3) is 0 Å². The maximum Gasteiger partial charge on any atom is 0.123 e. The zero-order chi connectivity index (χ0) is 11.7. The third-order valence-electron chi connectivity index (χ3n) is 3.24. The van der Waals surface area contributed by atoms with E-state index in [9.17, 15) is 4.39 Å². The van der Waals surface area contributed by atoms with E-state index in [-0.39, 0.29) is 11.9 Å². The summed E-state index contributed by atoms with van der Waals surface area (Å²) in [5.74, 6) is 0.509. The van der Waals surface area contributed by atoms with Gasteiger partial charge in [-0.2, -0.15) is 0 Å². The van der Waals surface area contributed by atoms with Crippen molar-refractivity contribution in [3.05, 3.63) is 29.6 Å². The monoisotopic (exact) mass is 222 g/mol. The normalized spacial score (nSPS) is 22.5. The van der Waals surface area contributed by atoms with Crippen molar-refractivity contribution in [2.24, 2.45) is 11.7 Å². The molecule has 0 amide bonds. The first-order valence-corrected chi connectivity index (χ1v) is 5.88. The van der Waals surface area contributed by atoms with E-state index in [4.69, 9.17) is 5.73 Å². The van der Waals surface area contributed by atoms with Crippen LogP contribution >= 0.6 is 0 Å². The molecule has 0 radical (unpaired) electrons. The summed E-state index contributed by atoms with van der Waals surface area (Å²) in [7, 11) is 0. The molecule has 1 unspecified atom stereocenters. The predicted octanol–water partition coefficient (Wildman–Crippen LogP) is 2.69. The molecule has 2 nitrogen and oxygen atoms in total. The number of nitrogens with zero attached hydrogens (tertiary/aromatic N) is 1. The second kappa shape index (κ2) is 4.42. The SMILES string of the molecule is CC1CCN(c2ccc(F)cc2[C@@H](C)N)C1. The number of halogens is 1. The summed E-state index contributed by atoms with van der Waals surface area (Å²) >= 11 is 0. The highest BCUT2D eigenvalue weighted by atomic mass is 19.1. The molecule has 1 aromatic rings. The molecule has 0 spiro atoms. The van der Waals surface area contributed by atoms with Crippen LogP contribution in [0.5, 0.6) is 0 Å². The van der Waals surface area contributed by atoms with E-state index in [1.807, 2.05) is 13.0 Å². The summed E-state index contributed by atoms with van der Waals surface area (Å²) in [6, 6.07) is 4.81. The molecule has 2 rings (SSSR count). The number of rotatable bonds is 2. The number of nitrogens with two attached hydrogens (primary N) is 1. The third kappa shape index (κ3) is 2.19. The minimum absolute atomic E-state index is 0.124. The van der Waals surface area contributed by atoms with Gasteiger partial charge in [-0.15, -0.1) is 0 Å². The second-order valence-corrected chi connectivity index (χ2v) is 4.83. The third-order valence-corrected chi connectivity index (χ3v) is 3.24. The molecule has 0 bridgehead atoms. The Morgan fingerprint density at radius 3 is 2.81 bits per heavy atom. The van der Waals surface area contributed by atoms with Gasteiger partial charge in [-0.1, -0.05) is 6.92 Å². The number of hydrogen-bond donors (Lipinski definition) is 1. The summed E-state index contributed by atoms with van der Waals surface area (Å²) in [6.45, 7) is 6.24. The molecule has 1 heterocycles. The first kappa shape index (κ1) is 11.4. The molecule has 3 heteroatoms. The Hall–Kier alpha value is -1.09. The average Bonchev–Trinajstić information content (AvgIpc) is 2.64. The van der Waals surface area contributed by atoms with Crippen molar-refractivity contribution in [1.29, 1.82) is 0 Å². The summed E-state index contributed by atoms with van der Waals surface area (Å²) in [5.41, 5.74) is 7.90. The maximum atomic E-state index is 13.2. The first-order chi connectivity index (χ1) is 7.58. The fraction of sp³-hybridized carbons (Fsp3) is 0.538. The van der Waals surface area contributed by atoms with Crippen LogP contribution in [0.3, 0.4) is 0 Å². The van der Waals surface area contributed by atoms with E-state index >= 15 is 0 Å². The van der Waals surface area contributed by atoms with Gasteiger partial charge in [-0.25, -0.2) is 4.39 Å². The van der Waals surface area contributed by atoms with E-state index < -0.39 is 0 Å². The number of anilines is 1. The van der Waals surface area contributed by atoms with Gasteiger partial charge < -0.3 is 10.6 Å². The summed E-state index contributed by atoms with van der Waals surface area (Å²) < 4.78 is 13.2. The highest BCUT2D eigenvalue weighted by molar-refractivity contribution is 5.55. The van der Waals surface area contributed by atoms with Gasteiger partial charge in [0.1, 0.15) is 5.82 Å². The molecule has 0 aliphatic carbocycles. The molecule has 2 N–H and O–H groups in total. The van der Waals surface area contributed by atoms with Gasteiger partial charge >= 0.3 is 0 Å². The van der Waals surface area contributed by atoms with Crippen molar-refractivity contribution in [2.75, 3.05) is 18.0 Å². The van der Waals surface area contributed by atoms with Crippen LogP contribution in [0.1, 0.15) is 31.9 Å². The van der Waals surface area contributed by atoms with Crippen LogP contribution in [0.15, 0.2) is 18.2 Å². The van der Waals surface area contributed by atoms with Crippen molar-refractivity contribution < 1.29 is 4.39 Å². The minimum Gasteiger partial charge on any atom is -0.371 e. The Morgan fingerprint density at radius 1 is 1.50 bits per heavy atom. The highest BCUT2D eigenvalue weighted by Gasteiger charge is 2.22. The largest absolute Gasteiger partial charge is 0.371 e. The Labute approximate surface area is 96.2 Å². The maximum absolute atomic E-state index is 13.2. The molecule has 2 atom stereocenters. The molecule has 0 saturated carbocycles. The van der Waals surface area contributed by atoms with Gasteiger partial charge in [-0.05, 0) is 43.0 Å². The van der Waals surface area contributed by atoms with Crippen LogP contribution in [0, 0.1) is 11.7 Å². The van der Waals surface area contributed by atoms with Crippen molar-refractivity contribution in [2.45, 2.75) is 26.3 Å². The fourth-order valence-corrected chi connectivity index (χ4v) is 2.33. The number of benzene rings is 1. The van der Waals surface area contributed by atoms with Gasteiger partial charge in [0.05, 0.1) is 0 Å². The Balaban J connectivity index is 2.32. The molecule has 1 saturated heterocycles. The van der Waals surface area contributed by atoms with Crippen LogP contribution < -0.4 is 10.6 Å². The lowest BCUT2D eigenvalue weighted by molar-refractivity contribution is 0.621. The quantitative estimate of drug-likeness (QED) is 0.833. The molecule has 16 heavy (non-hydrogen) atoms. The minimum atomic E-state index is -0.205. The smallest absolute Gasteiger partial charge is 0.123 e. The molecule has 1 aliphatic rings. The van der Waals surface area contributed by atoms with Gasteiger partial charge in [-0.3, -0.25) is 0 Å². The van der Waals surface area contributed by atoms with Crippen LogP contribution in [0.4, 0.5) is 10.1 Å². The Morgan fingerprint density at radius 2 is 2.25 bits per heavy atom. The van der Waals surface area contributed by atoms with E-state index in [1.54, 1.807) is 6.07 Å². The van der Waals surface area contributed by atoms with Gasteiger partial charge in [0.15, 0.2) is 0 Å². The van der Waals surface area contributed by atoms with Crippen LogP contribution in [0.25, 0.3) is 0 Å². The van der Waals surface area contributed by atoms with E-state index in [1.165, 1.54) is 12.5 Å². The van der Waals surface area contributed by atoms with E-state index in [0.717, 1.165) is 24.3 Å². The zero-order valence-corrected chi connectivity index (χ0v) is 9.91. The molecular formula is C13H19FN2. The lowest BCUT2D eigenvalue weighted by Crippen LogP contribution is -2.22. The highest BCUT2D eigenvalue weighted by Crippen LogP contribution is 2.30. The molecule has 1 aliphatic heterocycles. The lowest BCUT2D eigenvalue weighted by Gasteiger charge is -2.23. The molecule has 1 fully saturated rings. The number of hydrogen-bond acceptors (Lipinski definition) is 2. The van der Waals surface area contributed by atoms with Gasteiger partial charge in [0.2, 0.25) is 0 Å². The average molecular weight is 222 g/mol. The second-order valence-electron chi connectivity index (χ2n) is 4.83. The topological polar surface area (TPSA) is 29.3 Å². The van der Waals surface area contributed by atoms with Crippen molar-refractivity contribution in [3.8, 4) is 0 Å². The van der Waals surface area contributed by atoms with E-state index in [0.29, 0.717) is 5.92 Å². The van der Waals surface area contributed by atoms with Crippen molar-refractivity contribution >= 4 is 5.69 Å². The summed E-state index contributed by atoms with van der Waals surface area (Å²) in [4.78, 5) is 2.31. The molecule has 0 aromatic heterocycles. The van der Waals surface area contributed by atoms with Crippen LogP contribution in [-0.2, 0) is 0 Å². The summed E-state index contributed by atoms with van der Waals surface area (Å²) in [5, 5.41) is 0. The van der Waals surface area contributed by atoms with Crippen LogP contribution in [-0.4, -0.2) is 13.1 Å². The zero-order valence-electron chi connectivity index (χ0n) is 9.91. The summed E-state index contributed by atoms with van der Waals surface area (Å²) in [6.07, 6.45) is 1.20. The van der Waals surface area contributed by atoms with E-state index in [2.05, 4.69) is 11.8 Å². The molecule has 88 valence electrons. The molecule has 1 aromatic carbocycles. The predicted molar refractivity (Wildman–Crippen MR) is 65.0 cm³/mol. The fourth-order valence-electron chi connectivity index (χ4n) is 2.33. The van der Waals surface area contributed by atoms with Crippen molar-refractivity contribution in [1.82, 2.24) is 0 Å². The van der Waals surface area contributed by atoms with Gasteiger partial charge in [0, 0.05) is 24.8 Å². The Bertz CT molecular complexity index is 376.